The molecule has 2 aliphatic rings. The number of halogens is 2. The minimum absolute atomic E-state index is 0.0420. The van der Waals surface area contributed by atoms with Gasteiger partial charge in [-0.3, -0.25) is 14.9 Å². The Balaban J connectivity index is 1.49. The minimum Gasteiger partial charge on any atom is -0.393 e. The first-order valence-corrected chi connectivity index (χ1v) is 13.7. The third-order valence-electron chi connectivity index (χ3n) is 7.51. The summed E-state index contributed by atoms with van der Waals surface area (Å²) in [5.74, 6) is -0.308. The number of aliphatic hydroxyl groups excluding tert-OH is 1. The maximum Gasteiger partial charge on any atom is 0.249 e. The summed E-state index contributed by atoms with van der Waals surface area (Å²) in [4.78, 5) is 27.1. The van der Waals surface area contributed by atoms with Gasteiger partial charge in [0, 0.05) is 46.2 Å². The standard InChI is InChI=1S/C30H31Cl2N3O3/c31-21-8-4-5-19(15-21)18-30(25-14-9-22(32)16-27(25)34-29(30)38)35-26(20-6-2-1-3-7-20)17-28(37)33-23-10-12-24(36)13-11-23/h1-9,14-16,23-24,26,35-36H,10-13,17-18H2,(H,33,37)(H,34,38). The minimum atomic E-state index is -1.15. The van der Waals surface area contributed by atoms with Crippen LogP contribution in [0.4, 0.5) is 5.69 Å². The van der Waals surface area contributed by atoms with Gasteiger partial charge in [-0.05, 0) is 61.1 Å². The molecule has 1 heterocycles. The van der Waals surface area contributed by atoms with Gasteiger partial charge in [0.1, 0.15) is 5.54 Å². The normalized spacial score (nSPS) is 23.4. The average molecular weight is 553 g/mol. The number of anilines is 1. The number of carbonyl (C=O) groups is 2. The topological polar surface area (TPSA) is 90.5 Å². The highest BCUT2D eigenvalue weighted by Crippen LogP contribution is 2.42. The van der Waals surface area contributed by atoms with Crippen molar-refractivity contribution in [3.05, 3.63) is 99.5 Å². The molecule has 5 rings (SSSR count). The molecule has 1 fully saturated rings. The molecule has 6 nitrogen and oxygen atoms in total. The first-order chi connectivity index (χ1) is 18.3. The summed E-state index contributed by atoms with van der Waals surface area (Å²) < 4.78 is 0. The van der Waals surface area contributed by atoms with Gasteiger partial charge in [-0.2, -0.15) is 0 Å². The van der Waals surface area contributed by atoms with E-state index < -0.39 is 11.6 Å². The smallest absolute Gasteiger partial charge is 0.249 e. The highest BCUT2D eigenvalue weighted by atomic mass is 35.5. The van der Waals surface area contributed by atoms with E-state index in [4.69, 9.17) is 23.2 Å². The molecule has 0 spiro atoms. The third-order valence-corrected chi connectivity index (χ3v) is 7.98. The molecule has 1 aliphatic carbocycles. The van der Waals surface area contributed by atoms with E-state index in [0.717, 1.165) is 29.5 Å². The number of hydrogen-bond acceptors (Lipinski definition) is 4. The van der Waals surface area contributed by atoms with Crippen LogP contribution < -0.4 is 16.0 Å². The van der Waals surface area contributed by atoms with Crippen LogP contribution in [0.3, 0.4) is 0 Å². The summed E-state index contributed by atoms with van der Waals surface area (Å²) in [5.41, 5.74) is 2.06. The fourth-order valence-electron chi connectivity index (χ4n) is 5.59. The lowest BCUT2D eigenvalue weighted by atomic mass is 9.83. The molecule has 198 valence electrons. The van der Waals surface area contributed by atoms with Crippen molar-refractivity contribution in [2.75, 3.05) is 5.32 Å². The SMILES string of the molecule is O=C(CC(NC1(Cc2cccc(Cl)c2)C(=O)Nc2cc(Cl)ccc21)c1ccccc1)NC1CCC(O)CC1. The molecule has 0 bridgehead atoms. The Bertz CT molecular complexity index is 1310. The van der Waals surface area contributed by atoms with Crippen LogP contribution in [0.2, 0.25) is 10.0 Å². The Hall–Kier alpha value is -2.90. The first kappa shape index (κ1) is 26.7. The van der Waals surface area contributed by atoms with E-state index in [1.807, 2.05) is 54.6 Å². The summed E-state index contributed by atoms with van der Waals surface area (Å²) in [6.07, 6.45) is 3.08. The van der Waals surface area contributed by atoms with Gasteiger partial charge in [-0.1, -0.05) is 71.7 Å². The molecular weight excluding hydrogens is 521 g/mol. The van der Waals surface area contributed by atoms with Gasteiger partial charge in [-0.25, -0.2) is 0 Å². The second kappa shape index (κ2) is 11.5. The Morgan fingerprint density at radius 2 is 1.71 bits per heavy atom. The van der Waals surface area contributed by atoms with Crippen molar-refractivity contribution < 1.29 is 14.7 Å². The van der Waals surface area contributed by atoms with Gasteiger partial charge in [-0.15, -0.1) is 0 Å². The number of nitrogens with one attached hydrogen (secondary N) is 3. The lowest BCUT2D eigenvalue weighted by molar-refractivity contribution is -0.125. The molecular formula is C30H31Cl2N3O3. The molecule has 8 heteroatoms. The molecule has 1 aliphatic heterocycles. The van der Waals surface area contributed by atoms with Crippen LogP contribution in [0.1, 0.15) is 54.8 Å². The molecule has 4 N–H and O–H groups in total. The van der Waals surface area contributed by atoms with Gasteiger partial charge < -0.3 is 15.7 Å². The van der Waals surface area contributed by atoms with E-state index in [0.29, 0.717) is 35.0 Å². The quantitative estimate of drug-likeness (QED) is 0.296. The molecule has 2 amide bonds. The predicted molar refractivity (Wildman–Crippen MR) is 150 cm³/mol. The molecule has 3 aromatic rings. The van der Waals surface area contributed by atoms with Crippen LogP contribution in [0.15, 0.2) is 72.8 Å². The molecule has 1 saturated carbocycles. The second-order valence-electron chi connectivity index (χ2n) is 10.2. The maximum atomic E-state index is 13.8. The van der Waals surface area contributed by atoms with Crippen LogP contribution in [-0.4, -0.2) is 29.1 Å². The largest absolute Gasteiger partial charge is 0.393 e. The number of amides is 2. The monoisotopic (exact) mass is 551 g/mol. The number of fused-ring (bicyclic) bond motifs is 1. The summed E-state index contributed by atoms with van der Waals surface area (Å²) >= 11 is 12.6. The third kappa shape index (κ3) is 5.89. The number of rotatable bonds is 8. The molecule has 38 heavy (non-hydrogen) atoms. The van der Waals surface area contributed by atoms with Gasteiger partial charge in [0.15, 0.2) is 0 Å². The van der Waals surface area contributed by atoms with E-state index in [9.17, 15) is 14.7 Å². The van der Waals surface area contributed by atoms with E-state index >= 15 is 0 Å². The van der Waals surface area contributed by atoms with Crippen LogP contribution in [0.5, 0.6) is 0 Å². The molecule has 0 radical (unpaired) electrons. The fraction of sp³-hybridized carbons (Fsp3) is 0.333. The van der Waals surface area contributed by atoms with Crippen molar-refractivity contribution in [3.8, 4) is 0 Å². The second-order valence-corrected chi connectivity index (χ2v) is 11.1. The highest BCUT2D eigenvalue weighted by Gasteiger charge is 2.48. The highest BCUT2D eigenvalue weighted by molar-refractivity contribution is 6.31. The van der Waals surface area contributed by atoms with Crippen molar-refractivity contribution in [3.63, 3.8) is 0 Å². The van der Waals surface area contributed by atoms with Crippen molar-refractivity contribution >= 4 is 40.7 Å². The predicted octanol–water partition coefficient (Wildman–Crippen LogP) is 5.52. The zero-order valence-electron chi connectivity index (χ0n) is 20.9. The van der Waals surface area contributed by atoms with Gasteiger partial charge in [0.2, 0.25) is 11.8 Å². The van der Waals surface area contributed by atoms with Crippen molar-refractivity contribution in [1.82, 2.24) is 10.6 Å². The average Bonchev–Trinajstić information content (AvgIpc) is 3.15. The number of carbonyl (C=O) groups excluding carboxylic acids is 2. The Labute approximate surface area is 232 Å². The lowest BCUT2D eigenvalue weighted by Gasteiger charge is -2.34. The number of aliphatic hydroxyl groups is 1. The zero-order valence-corrected chi connectivity index (χ0v) is 22.4. The number of hydrogen-bond donors (Lipinski definition) is 4. The molecule has 0 aromatic heterocycles. The van der Waals surface area contributed by atoms with E-state index in [-0.39, 0.29) is 30.4 Å². The van der Waals surface area contributed by atoms with E-state index in [2.05, 4.69) is 16.0 Å². The van der Waals surface area contributed by atoms with Crippen molar-refractivity contribution in [2.45, 2.75) is 62.3 Å². The Morgan fingerprint density at radius 3 is 2.45 bits per heavy atom. The molecule has 2 unspecified atom stereocenters. The molecule has 2 atom stereocenters. The van der Waals surface area contributed by atoms with Crippen LogP contribution in [0.25, 0.3) is 0 Å². The van der Waals surface area contributed by atoms with Crippen LogP contribution >= 0.6 is 23.2 Å². The summed E-state index contributed by atoms with van der Waals surface area (Å²) in [5, 5.41) is 20.7. The van der Waals surface area contributed by atoms with Gasteiger partial charge >= 0.3 is 0 Å². The first-order valence-electron chi connectivity index (χ1n) is 13.0. The molecule has 0 saturated heterocycles. The van der Waals surface area contributed by atoms with E-state index in [1.165, 1.54) is 0 Å². The Kier molecular flexibility index (Phi) is 8.05. The van der Waals surface area contributed by atoms with Gasteiger partial charge in [0.25, 0.3) is 0 Å². The number of benzene rings is 3. The lowest BCUT2D eigenvalue weighted by Crippen LogP contribution is -2.52. The zero-order chi connectivity index (χ0) is 26.7. The van der Waals surface area contributed by atoms with Gasteiger partial charge in [0.05, 0.1) is 6.10 Å². The van der Waals surface area contributed by atoms with E-state index in [1.54, 1.807) is 18.2 Å². The molecule has 3 aromatic carbocycles. The summed E-state index contributed by atoms with van der Waals surface area (Å²) in [7, 11) is 0. The Morgan fingerprint density at radius 1 is 0.974 bits per heavy atom. The summed E-state index contributed by atoms with van der Waals surface area (Å²) in [6.45, 7) is 0. The summed E-state index contributed by atoms with van der Waals surface area (Å²) in [6, 6.07) is 22.2. The maximum absolute atomic E-state index is 13.8. The van der Waals surface area contributed by atoms with Crippen LogP contribution in [0, 0.1) is 0 Å². The van der Waals surface area contributed by atoms with Crippen molar-refractivity contribution in [2.24, 2.45) is 0 Å². The van der Waals surface area contributed by atoms with Crippen LogP contribution in [-0.2, 0) is 21.5 Å². The fourth-order valence-corrected chi connectivity index (χ4v) is 5.98. The van der Waals surface area contributed by atoms with Crippen molar-refractivity contribution in [1.29, 1.82) is 0 Å².